The van der Waals surface area contributed by atoms with Crippen LogP contribution in [0.3, 0.4) is 0 Å². The summed E-state index contributed by atoms with van der Waals surface area (Å²) in [5, 5.41) is 10.9. The predicted molar refractivity (Wildman–Crippen MR) is 125 cm³/mol. The SMILES string of the molecule is O=C(NCCNC1CN(C2CCC(c3nc4n(n3)CCCC4)CC2)C1)c1cccc(C(F)(F)F)c1. The van der Waals surface area contributed by atoms with Gasteiger partial charge in [-0.2, -0.15) is 18.3 Å². The van der Waals surface area contributed by atoms with Gasteiger partial charge in [-0.15, -0.1) is 0 Å². The average molecular weight is 491 g/mol. The van der Waals surface area contributed by atoms with Gasteiger partial charge in [0.15, 0.2) is 5.82 Å². The molecule has 1 aromatic heterocycles. The summed E-state index contributed by atoms with van der Waals surface area (Å²) in [5.74, 6) is 2.21. The van der Waals surface area contributed by atoms with Crippen LogP contribution in [0.5, 0.6) is 0 Å². The van der Waals surface area contributed by atoms with Crippen LogP contribution in [0.2, 0.25) is 0 Å². The van der Waals surface area contributed by atoms with Gasteiger partial charge in [-0.3, -0.25) is 9.69 Å². The molecule has 35 heavy (non-hydrogen) atoms. The summed E-state index contributed by atoms with van der Waals surface area (Å²) in [6.45, 7) is 3.96. The number of aryl methyl sites for hydroxylation is 2. The highest BCUT2D eigenvalue weighted by atomic mass is 19.4. The number of hydrogen-bond donors (Lipinski definition) is 2. The van der Waals surface area contributed by atoms with Crippen LogP contribution in [0.25, 0.3) is 0 Å². The van der Waals surface area contributed by atoms with Crippen molar-refractivity contribution in [2.75, 3.05) is 26.2 Å². The van der Waals surface area contributed by atoms with Crippen LogP contribution in [0, 0.1) is 0 Å². The van der Waals surface area contributed by atoms with Crippen LogP contribution in [0.1, 0.15) is 72.0 Å². The summed E-state index contributed by atoms with van der Waals surface area (Å²) in [6, 6.07) is 5.51. The number of hydrogen-bond acceptors (Lipinski definition) is 5. The summed E-state index contributed by atoms with van der Waals surface area (Å²) in [7, 11) is 0. The molecule has 0 atom stereocenters. The lowest BCUT2D eigenvalue weighted by molar-refractivity contribution is -0.137. The van der Waals surface area contributed by atoms with E-state index in [9.17, 15) is 18.0 Å². The van der Waals surface area contributed by atoms with E-state index in [0.29, 0.717) is 31.1 Å². The summed E-state index contributed by atoms with van der Waals surface area (Å²) in [6.07, 6.45) is 3.66. The number of fused-ring (bicyclic) bond motifs is 1. The Labute approximate surface area is 203 Å². The molecular formula is C25H33F3N6O. The minimum atomic E-state index is -4.46. The van der Waals surface area contributed by atoms with Crippen molar-refractivity contribution in [1.29, 1.82) is 0 Å². The normalized spacial score (nSPS) is 23.5. The first-order chi connectivity index (χ1) is 16.9. The van der Waals surface area contributed by atoms with Gasteiger partial charge in [0.05, 0.1) is 5.56 Å². The minimum absolute atomic E-state index is 0.0242. The second kappa shape index (κ2) is 10.3. The Morgan fingerprint density at radius 2 is 1.89 bits per heavy atom. The molecular weight excluding hydrogens is 457 g/mol. The van der Waals surface area contributed by atoms with Crippen molar-refractivity contribution in [3.8, 4) is 0 Å². The molecule has 2 N–H and O–H groups in total. The van der Waals surface area contributed by atoms with Gasteiger partial charge in [0.25, 0.3) is 5.91 Å². The third-order valence-electron chi connectivity index (χ3n) is 7.57. The fourth-order valence-corrected chi connectivity index (χ4v) is 5.51. The highest BCUT2D eigenvalue weighted by Crippen LogP contribution is 2.35. The number of halogens is 3. The van der Waals surface area contributed by atoms with Crippen LogP contribution >= 0.6 is 0 Å². The molecule has 3 aliphatic rings. The first-order valence-corrected chi connectivity index (χ1v) is 12.7. The Morgan fingerprint density at radius 1 is 1.09 bits per heavy atom. The number of rotatable bonds is 7. The van der Waals surface area contributed by atoms with Gasteiger partial charge in [0.1, 0.15) is 5.82 Å². The first kappa shape index (κ1) is 24.2. The van der Waals surface area contributed by atoms with Gasteiger partial charge < -0.3 is 10.6 Å². The van der Waals surface area contributed by atoms with Gasteiger partial charge in [-0.25, -0.2) is 9.67 Å². The monoisotopic (exact) mass is 490 g/mol. The molecule has 2 aliphatic heterocycles. The molecule has 190 valence electrons. The van der Waals surface area contributed by atoms with Gasteiger partial charge in [0, 0.05) is 62.7 Å². The molecule has 1 saturated heterocycles. The molecule has 0 unspecified atom stereocenters. The average Bonchev–Trinajstić information content (AvgIpc) is 3.27. The number of carbonyl (C=O) groups excluding carboxylic acids is 1. The molecule has 0 bridgehead atoms. The maximum absolute atomic E-state index is 12.8. The lowest BCUT2D eigenvalue weighted by atomic mass is 9.83. The molecule has 0 radical (unpaired) electrons. The molecule has 10 heteroatoms. The van der Waals surface area contributed by atoms with Gasteiger partial charge in [0.2, 0.25) is 0 Å². The van der Waals surface area contributed by atoms with E-state index in [2.05, 4.69) is 20.2 Å². The lowest BCUT2D eigenvalue weighted by Crippen LogP contribution is -2.62. The molecule has 1 aromatic carbocycles. The smallest absolute Gasteiger partial charge is 0.351 e. The fourth-order valence-electron chi connectivity index (χ4n) is 5.51. The number of amides is 1. The van der Waals surface area contributed by atoms with E-state index in [1.54, 1.807) is 0 Å². The zero-order valence-electron chi connectivity index (χ0n) is 19.9. The molecule has 5 rings (SSSR count). The van der Waals surface area contributed by atoms with Gasteiger partial charge >= 0.3 is 6.18 Å². The quantitative estimate of drug-likeness (QED) is 0.583. The van der Waals surface area contributed by atoms with Crippen LogP contribution in [0.15, 0.2) is 24.3 Å². The molecule has 7 nitrogen and oxygen atoms in total. The number of likely N-dealkylation sites (tertiary alicyclic amines) is 1. The molecule has 2 aromatic rings. The number of nitrogens with one attached hydrogen (secondary N) is 2. The van der Waals surface area contributed by atoms with E-state index in [1.165, 1.54) is 37.8 Å². The van der Waals surface area contributed by atoms with Crippen molar-refractivity contribution in [3.05, 3.63) is 47.0 Å². The van der Waals surface area contributed by atoms with Crippen molar-refractivity contribution in [1.82, 2.24) is 30.3 Å². The van der Waals surface area contributed by atoms with Gasteiger partial charge in [-0.1, -0.05) is 6.07 Å². The lowest BCUT2D eigenvalue weighted by Gasteiger charge is -2.46. The zero-order chi connectivity index (χ0) is 24.4. The Balaban J connectivity index is 0.980. The number of carbonyl (C=O) groups is 1. The molecule has 1 aliphatic carbocycles. The van der Waals surface area contributed by atoms with E-state index in [-0.39, 0.29) is 5.56 Å². The van der Waals surface area contributed by atoms with Crippen molar-refractivity contribution >= 4 is 5.91 Å². The molecule has 0 spiro atoms. The largest absolute Gasteiger partial charge is 0.416 e. The fraction of sp³-hybridized carbons (Fsp3) is 0.640. The highest BCUT2D eigenvalue weighted by Gasteiger charge is 2.35. The Kier molecular flexibility index (Phi) is 7.11. The summed E-state index contributed by atoms with van der Waals surface area (Å²) in [4.78, 5) is 19.5. The van der Waals surface area contributed by atoms with Crippen molar-refractivity contribution in [2.45, 2.75) is 75.7 Å². The predicted octanol–water partition coefficient (Wildman–Crippen LogP) is 3.36. The summed E-state index contributed by atoms with van der Waals surface area (Å²) >= 11 is 0. The molecule has 1 saturated carbocycles. The standard InChI is InChI=1S/C25H33F3N6O/c26-25(27,28)19-5-3-4-18(14-19)24(35)30-12-11-29-20-15-33(16-20)21-9-7-17(8-10-21)23-31-22-6-1-2-13-34(22)32-23/h3-5,14,17,20-21,29H,1-2,6-13,15-16H2,(H,30,35). The molecule has 2 fully saturated rings. The van der Waals surface area contributed by atoms with Gasteiger partial charge in [-0.05, 0) is 56.7 Å². The number of benzene rings is 1. The second-order valence-corrected chi connectivity index (χ2v) is 10.0. The minimum Gasteiger partial charge on any atom is -0.351 e. The molecule has 1 amide bonds. The highest BCUT2D eigenvalue weighted by molar-refractivity contribution is 5.94. The first-order valence-electron chi connectivity index (χ1n) is 12.7. The van der Waals surface area contributed by atoms with Crippen LogP contribution in [-0.2, 0) is 19.1 Å². The van der Waals surface area contributed by atoms with Crippen LogP contribution < -0.4 is 10.6 Å². The topological polar surface area (TPSA) is 75.1 Å². The summed E-state index contributed by atoms with van der Waals surface area (Å²) < 4.78 is 40.6. The zero-order valence-corrected chi connectivity index (χ0v) is 19.9. The maximum Gasteiger partial charge on any atom is 0.416 e. The van der Waals surface area contributed by atoms with Crippen LogP contribution in [0.4, 0.5) is 13.2 Å². The van der Waals surface area contributed by atoms with E-state index in [1.807, 2.05) is 0 Å². The number of aromatic nitrogens is 3. The van der Waals surface area contributed by atoms with Crippen molar-refractivity contribution < 1.29 is 18.0 Å². The van der Waals surface area contributed by atoms with Crippen LogP contribution in [-0.4, -0.2) is 63.8 Å². The summed E-state index contributed by atoms with van der Waals surface area (Å²) in [5.41, 5.74) is -0.789. The van der Waals surface area contributed by atoms with Crippen molar-refractivity contribution in [2.24, 2.45) is 0 Å². The van der Waals surface area contributed by atoms with E-state index in [4.69, 9.17) is 10.1 Å². The number of alkyl halides is 3. The Morgan fingerprint density at radius 3 is 2.63 bits per heavy atom. The number of nitrogens with zero attached hydrogens (tertiary/aromatic N) is 4. The maximum atomic E-state index is 12.8. The van der Waals surface area contributed by atoms with E-state index < -0.39 is 17.6 Å². The third-order valence-corrected chi connectivity index (χ3v) is 7.57. The third kappa shape index (κ3) is 5.69. The van der Waals surface area contributed by atoms with Crippen molar-refractivity contribution in [3.63, 3.8) is 0 Å². The van der Waals surface area contributed by atoms with E-state index >= 15 is 0 Å². The molecule has 3 heterocycles. The van der Waals surface area contributed by atoms with E-state index in [0.717, 1.165) is 62.7 Å². The Hall–Kier alpha value is -2.46. The Bertz CT molecular complexity index is 1000. The second-order valence-electron chi connectivity index (χ2n) is 10.0.